The van der Waals surface area contributed by atoms with E-state index in [1.807, 2.05) is 0 Å². The van der Waals surface area contributed by atoms with Crippen LogP contribution in [0.15, 0.2) is 0 Å². The van der Waals surface area contributed by atoms with Gasteiger partial charge in [-0.2, -0.15) is 13.2 Å². The number of aliphatic hydroxyl groups is 1. The van der Waals surface area contributed by atoms with Crippen molar-refractivity contribution in [2.24, 2.45) is 0 Å². The third kappa shape index (κ3) is 5.22. The number of amides is 1. The van der Waals surface area contributed by atoms with Crippen molar-refractivity contribution in [3.63, 3.8) is 0 Å². The molecule has 4 nitrogen and oxygen atoms in total. The lowest BCUT2D eigenvalue weighted by atomic mass is 9.94. The van der Waals surface area contributed by atoms with Crippen LogP contribution in [0, 0.1) is 0 Å². The number of alkyl halides is 3. The molecule has 0 spiro atoms. The zero-order valence-corrected chi connectivity index (χ0v) is 10.3. The topological polar surface area (TPSA) is 49.8 Å². The van der Waals surface area contributed by atoms with E-state index in [2.05, 4.69) is 0 Å². The fraction of sp³-hybridized carbons (Fsp3) is 0.909. The molecule has 1 amide bonds. The average molecular weight is 269 g/mol. The summed E-state index contributed by atoms with van der Waals surface area (Å²) in [6.07, 6.45) is -5.25. The first-order valence-electron chi connectivity index (χ1n) is 5.83. The minimum absolute atomic E-state index is 0.0487. The van der Waals surface area contributed by atoms with Gasteiger partial charge in [-0.1, -0.05) is 0 Å². The van der Waals surface area contributed by atoms with E-state index in [9.17, 15) is 23.1 Å². The van der Waals surface area contributed by atoms with Gasteiger partial charge in [0.25, 0.3) is 0 Å². The maximum atomic E-state index is 12.0. The number of likely N-dealkylation sites (N-methyl/N-ethyl adjacent to an activating group) is 1. The summed E-state index contributed by atoms with van der Waals surface area (Å²) in [5.74, 6) is -0.604. The van der Waals surface area contributed by atoms with Crippen molar-refractivity contribution < 1.29 is 27.8 Å². The van der Waals surface area contributed by atoms with Crippen LogP contribution in [0.4, 0.5) is 13.2 Å². The summed E-state index contributed by atoms with van der Waals surface area (Å²) in [6, 6.07) is 0. The van der Waals surface area contributed by atoms with Crippen LogP contribution >= 0.6 is 0 Å². The van der Waals surface area contributed by atoms with E-state index >= 15 is 0 Å². The van der Waals surface area contributed by atoms with E-state index in [0.29, 0.717) is 26.1 Å². The van der Waals surface area contributed by atoms with Crippen molar-refractivity contribution in [1.82, 2.24) is 4.90 Å². The van der Waals surface area contributed by atoms with Gasteiger partial charge in [0, 0.05) is 46.1 Å². The average Bonchev–Trinajstić information content (AvgIpc) is 2.25. The van der Waals surface area contributed by atoms with Gasteiger partial charge in [0.2, 0.25) is 5.91 Å². The van der Waals surface area contributed by atoms with Crippen molar-refractivity contribution >= 4 is 5.91 Å². The maximum Gasteiger partial charge on any atom is 0.389 e. The van der Waals surface area contributed by atoms with Gasteiger partial charge in [0.1, 0.15) is 0 Å². The lowest BCUT2D eigenvalue weighted by Gasteiger charge is -2.35. The normalized spacial score (nSPS) is 19.6. The second kappa shape index (κ2) is 5.88. The molecule has 1 aliphatic heterocycles. The first-order chi connectivity index (χ1) is 8.22. The van der Waals surface area contributed by atoms with Crippen molar-refractivity contribution in [3.05, 3.63) is 0 Å². The number of hydrogen-bond donors (Lipinski definition) is 1. The first-order valence-corrected chi connectivity index (χ1v) is 5.83. The minimum Gasteiger partial charge on any atom is -0.388 e. The Morgan fingerprint density at radius 3 is 2.44 bits per heavy atom. The first kappa shape index (κ1) is 15.2. The molecular formula is C11H18F3NO3. The standard InChI is InChI=1S/C11H18F3NO3/c1-15(9(16)2-3-11(12,13)14)8-10(17)4-6-18-7-5-10/h17H,2-8H2,1H3. The Morgan fingerprint density at radius 2 is 1.94 bits per heavy atom. The monoisotopic (exact) mass is 269 g/mol. The highest BCUT2D eigenvalue weighted by molar-refractivity contribution is 5.75. The van der Waals surface area contributed by atoms with Crippen molar-refractivity contribution in [3.8, 4) is 0 Å². The predicted octanol–water partition coefficient (Wildman–Crippen LogP) is 1.33. The van der Waals surface area contributed by atoms with Crippen LogP contribution in [0.3, 0.4) is 0 Å². The third-order valence-corrected chi connectivity index (χ3v) is 3.00. The van der Waals surface area contributed by atoms with Crippen LogP contribution < -0.4 is 0 Å². The quantitative estimate of drug-likeness (QED) is 0.837. The molecule has 0 aliphatic carbocycles. The van der Waals surface area contributed by atoms with Gasteiger partial charge in [-0.05, 0) is 0 Å². The molecule has 0 atom stereocenters. The summed E-state index contributed by atoms with van der Waals surface area (Å²) in [4.78, 5) is 12.7. The van der Waals surface area contributed by atoms with Crippen LogP contribution in [-0.2, 0) is 9.53 Å². The molecule has 7 heteroatoms. The molecule has 1 heterocycles. The second-order valence-corrected chi connectivity index (χ2v) is 4.70. The van der Waals surface area contributed by atoms with Gasteiger partial charge in [-0.25, -0.2) is 0 Å². The van der Waals surface area contributed by atoms with Crippen LogP contribution in [0.5, 0.6) is 0 Å². The van der Waals surface area contributed by atoms with Crippen molar-refractivity contribution in [2.75, 3.05) is 26.8 Å². The smallest absolute Gasteiger partial charge is 0.388 e. The van der Waals surface area contributed by atoms with E-state index in [4.69, 9.17) is 4.74 Å². The molecule has 18 heavy (non-hydrogen) atoms. The molecule has 106 valence electrons. The maximum absolute atomic E-state index is 12.0. The van der Waals surface area contributed by atoms with Gasteiger partial charge in [0.15, 0.2) is 0 Å². The van der Waals surface area contributed by atoms with Crippen LogP contribution in [-0.4, -0.2) is 54.5 Å². The van der Waals surface area contributed by atoms with E-state index in [1.54, 1.807) is 0 Å². The fourth-order valence-electron chi connectivity index (χ4n) is 1.88. The van der Waals surface area contributed by atoms with Crippen LogP contribution in [0.2, 0.25) is 0 Å². The lowest BCUT2D eigenvalue weighted by Crippen LogP contribution is -2.47. The number of carbonyl (C=O) groups is 1. The number of rotatable bonds is 4. The highest BCUT2D eigenvalue weighted by Crippen LogP contribution is 2.24. The molecule has 0 unspecified atom stereocenters. The van der Waals surface area contributed by atoms with Gasteiger partial charge < -0.3 is 14.7 Å². The molecule has 0 aromatic heterocycles. The summed E-state index contributed by atoms with van der Waals surface area (Å²) in [5.41, 5.74) is -1.04. The van der Waals surface area contributed by atoms with Crippen molar-refractivity contribution in [2.45, 2.75) is 37.5 Å². The van der Waals surface area contributed by atoms with E-state index in [1.165, 1.54) is 7.05 Å². The largest absolute Gasteiger partial charge is 0.389 e. The molecule has 0 bridgehead atoms. The van der Waals surface area contributed by atoms with Gasteiger partial charge in [0.05, 0.1) is 12.0 Å². The van der Waals surface area contributed by atoms with E-state index < -0.39 is 30.5 Å². The third-order valence-electron chi connectivity index (χ3n) is 3.00. The molecule has 1 saturated heterocycles. The Bertz CT molecular complexity index is 288. The number of halogens is 3. The SMILES string of the molecule is CN(CC1(O)CCOCC1)C(=O)CCC(F)(F)F. The zero-order chi connectivity index (χ0) is 13.8. The molecule has 0 aromatic carbocycles. The molecule has 1 aliphatic rings. The molecular weight excluding hydrogens is 251 g/mol. The zero-order valence-electron chi connectivity index (χ0n) is 10.3. The highest BCUT2D eigenvalue weighted by atomic mass is 19.4. The predicted molar refractivity (Wildman–Crippen MR) is 57.9 cm³/mol. The number of carbonyl (C=O) groups excluding carboxylic acids is 1. The Hall–Kier alpha value is -0.820. The van der Waals surface area contributed by atoms with Gasteiger partial charge in [-0.3, -0.25) is 4.79 Å². The van der Waals surface area contributed by atoms with Gasteiger partial charge >= 0.3 is 6.18 Å². The summed E-state index contributed by atoms with van der Waals surface area (Å²) < 4.78 is 41.0. The summed E-state index contributed by atoms with van der Waals surface area (Å²) in [7, 11) is 1.41. The molecule has 1 rings (SSSR count). The van der Waals surface area contributed by atoms with E-state index in [-0.39, 0.29) is 6.54 Å². The summed E-state index contributed by atoms with van der Waals surface area (Å²) >= 11 is 0. The second-order valence-electron chi connectivity index (χ2n) is 4.70. The molecule has 1 N–H and O–H groups in total. The summed E-state index contributed by atoms with van der Waals surface area (Å²) in [6.45, 7) is 0.856. The molecule has 0 aromatic rings. The fourth-order valence-corrected chi connectivity index (χ4v) is 1.88. The number of hydrogen-bond acceptors (Lipinski definition) is 3. The minimum atomic E-state index is -4.33. The molecule has 0 radical (unpaired) electrons. The Balaban J connectivity index is 2.39. The van der Waals surface area contributed by atoms with Gasteiger partial charge in [-0.15, -0.1) is 0 Å². The Kier molecular flexibility index (Phi) is 4.98. The summed E-state index contributed by atoms with van der Waals surface area (Å²) in [5, 5.41) is 10.1. The Morgan fingerprint density at radius 1 is 1.39 bits per heavy atom. The number of ether oxygens (including phenoxy) is 1. The highest BCUT2D eigenvalue weighted by Gasteiger charge is 2.33. The van der Waals surface area contributed by atoms with Crippen LogP contribution in [0.25, 0.3) is 0 Å². The molecule has 1 fully saturated rings. The van der Waals surface area contributed by atoms with Crippen LogP contribution in [0.1, 0.15) is 25.7 Å². The van der Waals surface area contributed by atoms with Crippen molar-refractivity contribution in [1.29, 1.82) is 0 Å². The molecule has 0 saturated carbocycles. The van der Waals surface area contributed by atoms with E-state index in [0.717, 1.165) is 4.90 Å². The number of nitrogens with zero attached hydrogens (tertiary/aromatic N) is 1. The Labute approximate surface area is 104 Å². The lowest BCUT2D eigenvalue weighted by molar-refractivity contribution is -0.151.